The van der Waals surface area contributed by atoms with Crippen molar-refractivity contribution in [3.05, 3.63) is 30.6 Å². The molecule has 1 aliphatic rings. The molecule has 0 unspecified atom stereocenters. The summed E-state index contributed by atoms with van der Waals surface area (Å²) in [6, 6.07) is 7.66. The van der Waals surface area contributed by atoms with Crippen LogP contribution in [0.3, 0.4) is 0 Å². The van der Waals surface area contributed by atoms with Crippen molar-refractivity contribution in [2.75, 3.05) is 5.73 Å². The number of nitrogens with two attached hydrogens (primary N) is 1. The van der Waals surface area contributed by atoms with E-state index < -0.39 is 0 Å². The predicted molar refractivity (Wildman–Crippen MR) is 67.2 cm³/mol. The van der Waals surface area contributed by atoms with Crippen molar-refractivity contribution in [2.45, 2.75) is 25.8 Å². The van der Waals surface area contributed by atoms with Crippen LogP contribution in [0.25, 0.3) is 11.4 Å². The van der Waals surface area contributed by atoms with E-state index in [0.717, 1.165) is 29.5 Å². The molecule has 1 saturated carbocycles. The fraction of sp³-hybridized carbons (Fsp3) is 0.385. The summed E-state index contributed by atoms with van der Waals surface area (Å²) in [7, 11) is 0. The molecular formula is C13H16N4. The minimum absolute atomic E-state index is 0.766. The number of anilines is 1. The van der Waals surface area contributed by atoms with Gasteiger partial charge in [-0.25, -0.2) is 4.98 Å². The number of nitrogens with zero attached hydrogens (tertiary/aromatic N) is 3. The average Bonchev–Trinajstić information content (AvgIpc) is 3.06. The van der Waals surface area contributed by atoms with E-state index in [-0.39, 0.29) is 0 Å². The lowest BCUT2D eigenvalue weighted by Crippen LogP contribution is -1.99. The van der Waals surface area contributed by atoms with Gasteiger partial charge in [0.05, 0.1) is 0 Å². The molecule has 1 heterocycles. The lowest BCUT2D eigenvalue weighted by atomic mass is 10.2. The Morgan fingerprint density at radius 1 is 1.24 bits per heavy atom. The highest BCUT2D eigenvalue weighted by molar-refractivity contribution is 5.57. The third-order valence-electron chi connectivity index (χ3n) is 3.17. The molecule has 0 bridgehead atoms. The molecule has 1 aromatic heterocycles. The lowest BCUT2D eigenvalue weighted by molar-refractivity contribution is 0.546. The molecule has 1 aromatic carbocycles. The lowest BCUT2D eigenvalue weighted by Gasteiger charge is -1.98. The van der Waals surface area contributed by atoms with Crippen LogP contribution in [0, 0.1) is 5.92 Å². The zero-order valence-corrected chi connectivity index (χ0v) is 9.71. The van der Waals surface area contributed by atoms with Crippen molar-refractivity contribution in [1.29, 1.82) is 0 Å². The summed E-state index contributed by atoms with van der Waals surface area (Å²) >= 11 is 0. The minimum atomic E-state index is 0.766. The number of hydrogen-bond donors (Lipinski definition) is 1. The van der Waals surface area contributed by atoms with Crippen molar-refractivity contribution >= 4 is 5.69 Å². The molecule has 4 nitrogen and oxygen atoms in total. The zero-order valence-electron chi connectivity index (χ0n) is 9.71. The Hall–Kier alpha value is -1.84. The molecule has 4 heteroatoms. The second-order valence-corrected chi connectivity index (χ2v) is 4.69. The third kappa shape index (κ3) is 2.46. The second kappa shape index (κ2) is 4.20. The number of benzene rings is 1. The van der Waals surface area contributed by atoms with Gasteiger partial charge in [-0.3, -0.25) is 4.68 Å². The summed E-state index contributed by atoms with van der Waals surface area (Å²) in [6.07, 6.45) is 5.82. The number of hydrogen-bond acceptors (Lipinski definition) is 3. The molecule has 1 aliphatic carbocycles. The zero-order chi connectivity index (χ0) is 11.7. The first-order valence-electron chi connectivity index (χ1n) is 6.06. The Labute approximate surface area is 100 Å². The molecule has 2 aromatic rings. The van der Waals surface area contributed by atoms with Crippen LogP contribution >= 0.6 is 0 Å². The highest BCUT2D eigenvalue weighted by Crippen LogP contribution is 2.32. The standard InChI is InChI=1S/C13H16N4/c14-12-5-3-11(4-6-12)13-15-9-17(16-13)8-7-10-1-2-10/h3-6,9-10H,1-2,7-8,14H2. The van der Waals surface area contributed by atoms with Crippen LogP contribution in [0.1, 0.15) is 19.3 Å². The molecule has 2 N–H and O–H groups in total. The van der Waals surface area contributed by atoms with E-state index in [0.29, 0.717) is 0 Å². The van der Waals surface area contributed by atoms with Crippen LogP contribution < -0.4 is 5.73 Å². The average molecular weight is 228 g/mol. The van der Waals surface area contributed by atoms with Crippen molar-refractivity contribution in [1.82, 2.24) is 14.8 Å². The summed E-state index contributed by atoms with van der Waals surface area (Å²) < 4.78 is 1.93. The first-order valence-corrected chi connectivity index (χ1v) is 6.06. The van der Waals surface area contributed by atoms with E-state index in [1.807, 2.05) is 35.3 Å². The van der Waals surface area contributed by atoms with E-state index >= 15 is 0 Å². The second-order valence-electron chi connectivity index (χ2n) is 4.69. The van der Waals surface area contributed by atoms with Crippen LogP contribution in [0.4, 0.5) is 5.69 Å². The van der Waals surface area contributed by atoms with Gasteiger partial charge in [-0.15, -0.1) is 0 Å². The highest BCUT2D eigenvalue weighted by atomic mass is 15.3. The van der Waals surface area contributed by atoms with E-state index in [1.165, 1.54) is 19.3 Å². The molecule has 88 valence electrons. The van der Waals surface area contributed by atoms with Gasteiger partial charge in [0.1, 0.15) is 6.33 Å². The maximum Gasteiger partial charge on any atom is 0.181 e. The topological polar surface area (TPSA) is 56.7 Å². The van der Waals surface area contributed by atoms with Crippen molar-refractivity contribution in [2.24, 2.45) is 5.92 Å². The third-order valence-corrected chi connectivity index (χ3v) is 3.17. The maximum atomic E-state index is 5.65. The van der Waals surface area contributed by atoms with Gasteiger partial charge in [-0.1, -0.05) is 12.8 Å². The molecule has 0 atom stereocenters. The fourth-order valence-corrected chi connectivity index (χ4v) is 1.89. The van der Waals surface area contributed by atoms with Gasteiger partial charge in [-0.2, -0.15) is 5.10 Å². The Kier molecular flexibility index (Phi) is 2.55. The molecule has 0 aliphatic heterocycles. The predicted octanol–water partition coefficient (Wildman–Crippen LogP) is 2.33. The number of aryl methyl sites for hydroxylation is 1. The van der Waals surface area contributed by atoms with Crippen molar-refractivity contribution in [3.8, 4) is 11.4 Å². The van der Waals surface area contributed by atoms with Gasteiger partial charge in [0.15, 0.2) is 5.82 Å². The molecule has 1 fully saturated rings. The summed E-state index contributed by atoms with van der Waals surface area (Å²) in [5.41, 5.74) is 7.44. The molecule has 3 rings (SSSR count). The van der Waals surface area contributed by atoms with Crippen LogP contribution in [0.5, 0.6) is 0 Å². The molecule has 17 heavy (non-hydrogen) atoms. The van der Waals surface area contributed by atoms with Gasteiger partial charge in [0.2, 0.25) is 0 Å². The molecule has 0 radical (unpaired) electrons. The highest BCUT2D eigenvalue weighted by Gasteiger charge is 2.20. The summed E-state index contributed by atoms with van der Waals surface area (Å²) in [4.78, 5) is 4.33. The smallest absolute Gasteiger partial charge is 0.181 e. The molecule has 0 saturated heterocycles. The van der Waals surface area contributed by atoms with E-state index in [2.05, 4.69) is 10.1 Å². The number of aromatic nitrogens is 3. The molecule has 0 spiro atoms. The number of nitrogen functional groups attached to an aromatic ring is 1. The van der Waals surface area contributed by atoms with Gasteiger partial charge < -0.3 is 5.73 Å². The summed E-state index contributed by atoms with van der Waals surface area (Å²) in [5.74, 6) is 1.71. The van der Waals surface area contributed by atoms with E-state index in [9.17, 15) is 0 Å². The Morgan fingerprint density at radius 3 is 2.71 bits per heavy atom. The van der Waals surface area contributed by atoms with Gasteiger partial charge in [-0.05, 0) is 36.6 Å². The first kappa shape index (κ1) is 10.3. The van der Waals surface area contributed by atoms with Crippen LogP contribution in [-0.2, 0) is 6.54 Å². The largest absolute Gasteiger partial charge is 0.399 e. The summed E-state index contributed by atoms with van der Waals surface area (Å²) in [6.45, 7) is 0.979. The Bertz CT molecular complexity index is 496. The van der Waals surface area contributed by atoms with E-state index in [1.54, 1.807) is 0 Å². The van der Waals surface area contributed by atoms with Gasteiger partial charge in [0, 0.05) is 17.8 Å². The number of rotatable bonds is 4. The minimum Gasteiger partial charge on any atom is -0.399 e. The van der Waals surface area contributed by atoms with Crippen LogP contribution in [0.15, 0.2) is 30.6 Å². The van der Waals surface area contributed by atoms with E-state index in [4.69, 9.17) is 5.73 Å². The van der Waals surface area contributed by atoms with Crippen molar-refractivity contribution < 1.29 is 0 Å². The Balaban J connectivity index is 1.72. The first-order chi connectivity index (χ1) is 8.31. The quantitative estimate of drug-likeness (QED) is 0.817. The molecular weight excluding hydrogens is 212 g/mol. The monoisotopic (exact) mass is 228 g/mol. The summed E-state index contributed by atoms with van der Waals surface area (Å²) in [5, 5.41) is 4.47. The van der Waals surface area contributed by atoms with Crippen molar-refractivity contribution in [3.63, 3.8) is 0 Å². The maximum absolute atomic E-state index is 5.65. The van der Waals surface area contributed by atoms with Crippen LogP contribution in [-0.4, -0.2) is 14.8 Å². The normalized spacial score (nSPS) is 15.1. The SMILES string of the molecule is Nc1ccc(-c2ncn(CCC3CC3)n2)cc1. The molecule has 0 amide bonds. The fourth-order valence-electron chi connectivity index (χ4n) is 1.89. The van der Waals surface area contributed by atoms with Crippen LogP contribution in [0.2, 0.25) is 0 Å². The van der Waals surface area contributed by atoms with Gasteiger partial charge in [0.25, 0.3) is 0 Å². The van der Waals surface area contributed by atoms with Gasteiger partial charge >= 0.3 is 0 Å². The Morgan fingerprint density at radius 2 is 2.00 bits per heavy atom.